The lowest BCUT2D eigenvalue weighted by Crippen LogP contribution is -2.35. The topological polar surface area (TPSA) is 53.5 Å². The Morgan fingerprint density at radius 2 is 1.82 bits per heavy atom. The fraction of sp³-hybridized carbons (Fsp3) is 0.389. The number of aryl methyl sites for hydroxylation is 1. The number of nitrogens with zero attached hydrogens (tertiary/aromatic N) is 3. The van der Waals surface area contributed by atoms with Gasteiger partial charge in [0.25, 0.3) is 0 Å². The molecule has 1 aromatic carbocycles. The highest BCUT2D eigenvalue weighted by atomic mass is 35.5. The van der Waals surface area contributed by atoms with E-state index in [1.54, 1.807) is 17.0 Å². The van der Waals surface area contributed by atoms with Crippen molar-refractivity contribution in [3.8, 4) is 0 Å². The summed E-state index contributed by atoms with van der Waals surface area (Å²) in [4.78, 5) is 5.74. The molecule has 1 aliphatic heterocycles. The van der Waals surface area contributed by atoms with Crippen molar-refractivity contribution < 1.29 is 21.6 Å². The minimum atomic E-state index is -4.44. The standard InChI is InChI=1S/C18H19ClF3N3O2S/c1-13-3-5-16(15(19)11-13)28(26,27)25-8-2-7-24(9-10-25)17-6-4-14(12-23-17)18(20,21)22/h3-6,11-12H,2,7-10H2,1H3. The molecule has 2 aromatic rings. The van der Waals surface area contributed by atoms with E-state index in [0.717, 1.165) is 17.8 Å². The van der Waals surface area contributed by atoms with Crippen molar-refractivity contribution >= 4 is 27.4 Å². The Morgan fingerprint density at radius 1 is 1.07 bits per heavy atom. The molecule has 1 fully saturated rings. The number of hydrogen-bond acceptors (Lipinski definition) is 4. The van der Waals surface area contributed by atoms with E-state index in [1.165, 1.54) is 16.4 Å². The Labute approximate surface area is 166 Å². The Kier molecular flexibility index (Phi) is 5.88. The highest BCUT2D eigenvalue weighted by Gasteiger charge is 2.32. The number of sulfonamides is 1. The number of pyridine rings is 1. The molecule has 0 radical (unpaired) electrons. The van der Waals surface area contributed by atoms with Gasteiger partial charge in [-0.3, -0.25) is 0 Å². The third-order valence-corrected chi connectivity index (χ3v) is 6.94. The van der Waals surface area contributed by atoms with E-state index in [-0.39, 0.29) is 16.5 Å². The highest BCUT2D eigenvalue weighted by molar-refractivity contribution is 7.89. The molecule has 152 valence electrons. The van der Waals surface area contributed by atoms with Crippen LogP contribution in [0, 0.1) is 6.92 Å². The first-order valence-corrected chi connectivity index (χ1v) is 10.5. The van der Waals surface area contributed by atoms with Gasteiger partial charge in [-0.1, -0.05) is 17.7 Å². The van der Waals surface area contributed by atoms with Crippen LogP contribution in [0.25, 0.3) is 0 Å². The number of hydrogen-bond donors (Lipinski definition) is 0. The van der Waals surface area contributed by atoms with Crippen LogP contribution in [0.1, 0.15) is 17.5 Å². The maximum Gasteiger partial charge on any atom is 0.417 e. The van der Waals surface area contributed by atoms with Crippen molar-refractivity contribution in [2.45, 2.75) is 24.4 Å². The lowest BCUT2D eigenvalue weighted by atomic mass is 10.2. The van der Waals surface area contributed by atoms with Gasteiger partial charge in [-0.2, -0.15) is 17.5 Å². The van der Waals surface area contributed by atoms with E-state index in [1.807, 2.05) is 6.92 Å². The van der Waals surface area contributed by atoms with E-state index >= 15 is 0 Å². The Bertz CT molecular complexity index is 950. The van der Waals surface area contributed by atoms with Gasteiger partial charge in [-0.15, -0.1) is 0 Å². The van der Waals surface area contributed by atoms with Gasteiger partial charge < -0.3 is 4.90 Å². The molecule has 0 bridgehead atoms. The molecule has 5 nitrogen and oxygen atoms in total. The molecule has 1 aromatic heterocycles. The van der Waals surface area contributed by atoms with Gasteiger partial charge in [0.1, 0.15) is 10.7 Å². The van der Waals surface area contributed by atoms with E-state index in [4.69, 9.17) is 11.6 Å². The second-order valence-corrected chi connectivity index (χ2v) is 8.89. The molecular weight excluding hydrogens is 415 g/mol. The quantitative estimate of drug-likeness (QED) is 0.735. The molecule has 0 unspecified atom stereocenters. The molecule has 28 heavy (non-hydrogen) atoms. The number of benzene rings is 1. The Balaban J connectivity index is 1.76. The highest BCUT2D eigenvalue weighted by Crippen LogP contribution is 2.30. The van der Waals surface area contributed by atoms with Crippen LogP contribution in [0.3, 0.4) is 0 Å². The van der Waals surface area contributed by atoms with Crippen LogP contribution in [0.15, 0.2) is 41.4 Å². The van der Waals surface area contributed by atoms with Crippen LogP contribution in [-0.2, 0) is 16.2 Å². The maximum atomic E-state index is 13.0. The number of alkyl halides is 3. The van der Waals surface area contributed by atoms with E-state index in [9.17, 15) is 21.6 Å². The SMILES string of the molecule is Cc1ccc(S(=O)(=O)N2CCCN(c3ccc(C(F)(F)F)cn3)CC2)c(Cl)c1. The predicted octanol–water partition coefficient (Wildman–Crippen LogP) is 3.96. The Morgan fingerprint density at radius 3 is 2.43 bits per heavy atom. The number of halogens is 4. The van der Waals surface area contributed by atoms with Crippen molar-refractivity contribution in [2.24, 2.45) is 0 Å². The fourth-order valence-electron chi connectivity index (χ4n) is 3.06. The normalized spacial score (nSPS) is 16.8. The first-order valence-electron chi connectivity index (χ1n) is 8.63. The summed E-state index contributed by atoms with van der Waals surface area (Å²) in [6.45, 7) is 3.12. The summed E-state index contributed by atoms with van der Waals surface area (Å²) >= 11 is 6.13. The summed E-state index contributed by atoms with van der Waals surface area (Å²) in [5.74, 6) is 0.389. The molecule has 1 saturated heterocycles. The second-order valence-electron chi connectivity index (χ2n) is 6.58. The van der Waals surface area contributed by atoms with Gasteiger partial charge in [-0.05, 0) is 43.2 Å². The predicted molar refractivity (Wildman–Crippen MR) is 101 cm³/mol. The lowest BCUT2D eigenvalue weighted by molar-refractivity contribution is -0.137. The van der Waals surface area contributed by atoms with Crippen molar-refractivity contribution in [1.82, 2.24) is 9.29 Å². The second kappa shape index (κ2) is 7.88. The molecule has 0 atom stereocenters. The molecule has 2 heterocycles. The van der Waals surface area contributed by atoms with Gasteiger partial charge in [0.05, 0.1) is 10.6 Å². The average Bonchev–Trinajstić information content (AvgIpc) is 2.87. The molecule has 0 N–H and O–H groups in total. The molecular formula is C18H19ClF3N3O2S. The average molecular weight is 434 g/mol. The zero-order valence-electron chi connectivity index (χ0n) is 15.1. The summed E-state index contributed by atoms with van der Waals surface area (Å²) in [7, 11) is -3.76. The summed E-state index contributed by atoms with van der Waals surface area (Å²) in [6, 6.07) is 7.07. The molecule has 1 aliphatic rings. The van der Waals surface area contributed by atoms with Crippen LogP contribution in [0.4, 0.5) is 19.0 Å². The summed E-state index contributed by atoms with van der Waals surface area (Å²) in [5.41, 5.74) is 0.0451. The van der Waals surface area contributed by atoms with E-state index in [0.29, 0.717) is 31.9 Å². The minimum Gasteiger partial charge on any atom is -0.355 e. The zero-order chi connectivity index (χ0) is 20.5. The largest absolute Gasteiger partial charge is 0.417 e. The zero-order valence-corrected chi connectivity index (χ0v) is 16.7. The van der Waals surface area contributed by atoms with Crippen LogP contribution >= 0.6 is 11.6 Å². The van der Waals surface area contributed by atoms with Gasteiger partial charge in [0, 0.05) is 32.4 Å². The van der Waals surface area contributed by atoms with Crippen molar-refractivity contribution in [2.75, 3.05) is 31.1 Å². The van der Waals surface area contributed by atoms with Crippen molar-refractivity contribution in [1.29, 1.82) is 0 Å². The maximum absolute atomic E-state index is 13.0. The molecule has 10 heteroatoms. The van der Waals surface area contributed by atoms with Crippen LogP contribution in [0.2, 0.25) is 5.02 Å². The molecule has 0 spiro atoms. The third kappa shape index (κ3) is 4.42. The van der Waals surface area contributed by atoms with Gasteiger partial charge >= 0.3 is 6.18 Å². The number of rotatable bonds is 3. The summed E-state index contributed by atoms with van der Waals surface area (Å²) < 4.78 is 65.3. The molecule has 3 rings (SSSR count). The molecule has 0 saturated carbocycles. The summed E-state index contributed by atoms with van der Waals surface area (Å²) in [5, 5.41) is 0.172. The summed E-state index contributed by atoms with van der Waals surface area (Å²) in [6.07, 6.45) is -3.13. The van der Waals surface area contributed by atoms with Crippen LogP contribution < -0.4 is 4.90 Å². The smallest absolute Gasteiger partial charge is 0.355 e. The van der Waals surface area contributed by atoms with Gasteiger partial charge in [0.2, 0.25) is 10.0 Å². The monoisotopic (exact) mass is 433 g/mol. The van der Waals surface area contributed by atoms with E-state index in [2.05, 4.69) is 4.98 Å². The lowest BCUT2D eigenvalue weighted by Gasteiger charge is -2.23. The number of aromatic nitrogens is 1. The first kappa shape index (κ1) is 20.9. The first-order chi connectivity index (χ1) is 13.1. The van der Waals surface area contributed by atoms with E-state index < -0.39 is 21.8 Å². The van der Waals surface area contributed by atoms with Gasteiger partial charge in [-0.25, -0.2) is 13.4 Å². The Hall–Kier alpha value is -1.84. The molecule has 0 aliphatic carbocycles. The number of anilines is 1. The fourth-order valence-corrected chi connectivity index (χ4v) is 5.10. The third-order valence-electron chi connectivity index (χ3n) is 4.56. The van der Waals surface area contributed by atoms with Gasteiger partial charge in [0.15, 0.2) is 0 Å². The van der Waals surface area contributed by atoms with Crippen molar-refractivity contribution in [3.63, 3.8) is 0 Å². The van der Waals surface area contributed by atoms with Crippen LogP contribution in [0.5, 0.6) is 0 Å². The van der Waals surface area contributed by atoms with Crippen molar-refractivity contribution in [3.05, 3.63) is 52.7 Å². The van der Waals surface area contributed by atoms with Crippen LogP contribution in [-0.4, -0.2) is 43.9 Å². The minimum absolute atomic E-state index is 0.0564. The molecule has 0 amide bonds.